The number of alkyl carbamates (subject to hydrolysis) is 1. The maximum atomic E-state index is 13.8. The first-order valence-electron chi connectivity index (χ1n) is 11.9. The second kappa shape index (κ2) is 13.5. The zero-order valence-electron chi connectivity index (χ0n) is 21.7. The molecule has 0 heterocycles. The number of hydrogen-bond acceptors (Lipinski definition) is 5. The molecule has 0 aliphatic rings. The number of primary amides is 1. The van der Waals surface area contributed by atoms with Gasteiger partial charge in [0, 0.05) is 19.0 Å². The van der Waals surface area contributed by atoms with Crippen molar-refractivity contribution in [1.82, 2.24) is 15.5 Å². The number of carbonyl (C=O) groups is 4. The van der Waals surface area contributed by atoms with E-state index in [2.05, 4.69) is 17.2 Å². The molecular weight excluding hydrogens is 448 g/mol. The molecule has 2 unspecified atom stereocenters. The lowest BCUT2D eigenvalue weighted by molar-refractivity contribution is -0.142. The van der Waals surface area contributed by atoms with Crippen LogP contribution in [-0.2, 0) is 25.5 Å². The number of nitrogens with two attached hydrogens (primary N) is 1. The van der Waals surface area contributed by atoms with Gasteiger partial charge in [-0.15, -0.1) is 6.58 Å². The van der Waals surface area contributed by atoms with Gasteiger partial charge in [0.2, 0.25) is 17.7 Å². The number of benzene rings is 1. The maximum absolute atomic E-state index is 13.8. The number of nitrogens with zero attached hydrogens (tertiary/aromatic N) is 1. The number of carbonyl (C=O) groups excluding carboxylic acids is 4. The molecule has 0 bridgehead atoms. The van der Waals surface area contributed by atoms with E-state index in [1.807, 2.05) is 45.0 Å². The molecule has 0 aliphatic heterocycles. The summed E-state index contributed by atoms with van der Waals surface area (Å²) in [6, 6.07) is 5.16. The average Bonchev–Trinajstić information content (AvgIpc) is 2.74. The fourth-order valence-corrected chi connectivity index (χ4v) is 3.43. The molecule has 0 aromatic heterocycles. The third kappa shape index (κ3) is 10.2. The van der Waals surface area contributed by atoms with Gasteiger partial charge in [-0.1, -0.05) is 37.3 Å². The highest BCUT2D eigenvalue weighted by Gasteiger charge is 2.36. The molecule has 1 aromatic rings. The van der Waals surface area contributed by atoms with Crippen molar-refractivity contribution in [2.24, 2.45) is 5.73 Å². The second-order valence-corrected chi connectivity index (χ2v) is 9.64. The number of amides is 4. The van der Waals surface area contributed by atoms with Gasteiger partial charge in [0.05, 0.1) is 0 Å². The summed E-state index contributed by atoms with van der Waals surface area (Å²) >= 11 is 0. The molecule has 0 aliphatic carbocycles. The summed E-state index contributed by atoms with van der Waals surface area (Å²) in [5.74, 6) is -1.54. The summed E-state index contributed by atoms with van der Waals surface area (Å²) in [6.45, 7) is 14.5. The summed E-state index contributed by atoms with van der Waals surface area (Å²) in [5.41, 5.74) is 6.21. The molecule has 1 rings (SSSR count). The summed E-state index contributed by atoms with van der Waals surface area (Å²) in [7, 11) is 0. The van der Waals surface area contributed by atoms with Gasteiger partial charge in [-0.3, -0.25) is 14.4 Å². The quantitative estimate of drug-likeness (QED) is 0.389. The molecule has 2 atom stereocenters. The molecule has 0 saturated carbocycles. The lowest BCUT2D eigenvalue weighted by Crippen LogP contribution is -2.53. The first kappa shape index (κ1) is 29.7. The van der Waals surface area contributed by atoms with Gasteiger partial charge in [-0.25, -0.2) is 4.79 Å². The first-order chi connectivity index (χ1) is 16.3. The van der Waals surface area contributed by atoms with Crippen LogP contribution in [0.3, 0.4) is 0 Å². The lowest BCUT2D eigenvalue weighted by atomic mass is 9.99. The van der Waals surface area contributed by atoms with Gasteiger partial charge in [0.1, 0.15) is 17.7 Å². The molecule has 194 valence electrons. The Balaban J connectivity index is 3.43. The minimum atomic E-state index is -1.14. The van der Waals surface area contributed by atoms with Crippen LogP contribution >= 0.6 is 0 Å². The maximum Gasteiger partial charge on any atom is 0.408 e. The van der Waals surface area contributed by atoms with E-state index in [4.69, 9.17) is 10.5 Å². The van der Waals surface area contributed by atoms with Gasteiger partial charge in [-0.2, -0.15) is 0 Å². The Morgan fingerprint density at radius 3 is 2.17 bits per heavy atom. The number of rotatable bonds is 12. The van der Waals surface area contributed by atoms with Crippen LogP contribution in [0.25, 0.3) is 0 Å². The van der Waals surface area contributed by atoms with Gasteiger partial charge in [-0.05, 0) is 58.6 Å². The van der Waals surface area contributed by atoms with Crippen LogP contribution in [0.2, 0.25) is 0 Å². The van der Waals surface area contributed by atoms with E-state index in [1.54, 1.807) is 20.8 Å². The molecule has 0 spiro atoms. The molecule has 1 aromatic carbocycles. The molecule has 35 heavy (non-hydrogen) atoms. The normalized spacial score (nSPS) is 12.9. The molecule has 0 radical (unpaired) electrons. The van der Waals surface area contributed by atoms with Crippen molar-refractivity contribution in [2.75, 3.05) is 6.54 Å². The standard InChI is InChI=1S/C26H40N4O5/c1-8-16-30(22(23(32)28-17(3)4)19-12-10-18(9-2)11-13-19)24(33)20(14-15-21(27)31)29-25(34)35-26(5,6)7/h8,10-13,17,20,22H,1,9,14-16H2,2-7H3,(H2,27,31)(H,28,32)(H,29,34). The molecule has 0 saturated heterocycles. The fourth-order valence-electron chi connectivity index (χ4n) is 3.43. The van der Waals surface area contributed by atoms with Crippen LogP contribution in [0.1, 0.15) is 71.6 Å². The van der Waals surface area contributed by atoms with E-state index in [-0.39, 0.29) is 31.3 Å². The van der Waals surface area contributed by atoms with Crippen LogP contribution in [-0.4, -0.2) is 52.9 Å². The molecule has 4 N–H and O–H groups in total. The SMILES string of the molecule is C=CCN(C(=O)C(CCC(N)=O)NC(=O)OC(C)(C)C)C(C(=O)NC(C)C)c1ccc(CC)cc1. The topological polar surface area (TPSA) is 131 Å². The Morgan fingerprint density at radius 1 is 1.11 bits per heavy atom. The van der Waals surface area contributed by atoms with E-state index >= 15 is 0 Å². The largest absolute Gasteiger partial charge is 0.444 e. The summed E-state index contributed by atoms with van der Waals surface area (Å²) in [4.78, 5) is 52.3. The Labute approximate surface area is 208 Å². The van der Waals surface area contributed by atoms with Crippen molar-refractivity contribution in [2.45, 2.75) is 84.5 Å². The van der Waals surface area contributed by atoms with E-state index in [0.717, 1.165) is 12.0 Å². The van der Waals surface area contributed by atoms with Gasteiger partial charge in [0.25, 0.3) is 0 Å². The van der Waals surface area contributed by atoms with Gasteiger partial charge >= 0.3 is 6.09 Å². The summed E-state index contributed by atoms with van der Waals surface area (Å²) in [6.07, 6.45) is 1.34. The van der Waals surface area contributed by atoms with Crippen molar-refractivity contribution in [3.8, 4) is 0 Å². The third-order valence-electron chi connectivity index (χ3n) is 4.97. The second-order valence-electron chi connectivity index (χ2n) is 9.64. The number of aryl methyl sites for hydroxylation is 1. The summed E-state index contributed by atoms with van der Waals surface area (Å²) in [5, 5.41) is 5.42. The zero-order valence-corrected chi connectivity index (χ0v) is 21.7. The number of ether oxygens (including phenoxy) is 1. The monoisotopic (exact) mass is 488 g/mol. The van der Waals surface area contributed by atoms with Crippen molar-refractivity contribution < 1.29 is 23.9 Å². The highest BCUT2D eigenvalue weighted by molar-refractivity contribution is 5.92. The minimum absolute atomic E-state index is 0.0353. The fraction of sp³-hybridized carbons (Fsp3) is 0.538. The van der Waals surface area contributed by atoms with Crippen molar-refractivity contribution in [1.29, 1.82) is 0 Å². The smallest absolute Gasteiger partial charge is 0.408 e. The van der Waals surface area contributed by atoms with Crippen molar-refractivity contribution in [3.05, 3.63) is 48.0 Å². The number of hydrogen-bond donors (Lipinski definition) is 3. The first-order valence-corrected chi connectivity index (χ1v) is 11.9. The minimum Gasteiger partial charge on any atom is -0.444 e. The van der Waals surface area contributed by atoms with Gasteiger partial charge < -0.3 is 26.0 Å². The van der Waals surface area contributed by atoms with Crippen LogP contribution < -0.4 is 16.4 Å². The predicted molar refractivity (Wildman–Crippen MR) is 135 cm³/mol. The highest BCUT2D eigenvalue weighted by Crippen LogP contribution is 2.24. The van der Waals surface area contributed by atoms with Crippen LogP contribution in [0.5, 0.6) is 0 Å². The van der Waals surface area contributed by atoms with Crippen LogP contribution in [0, 0.1) is 0 Å². The van der Waals surface area contributed by atoms with E-state index < -0.39 is 35.6 Å². The Bertz CT molecular complexity index is 890. The molecule has 4 amide bonds. The van der Waals surface area contributed by atoms with E-state index in [0.29, 0.717) is 5.56 Å². The van der Waals surface area contributed by atoms with Crippen LogP contribution in [0.15, 0.2) is 36.9 Å². The van der Waals surface area contributed by atoms with Gasteiger partial charge in [0.15, 0.2) is 0 Å². The van der Waals surface area contributed by atoms with Crippen molar-refractivity contribution in [3.63, 3.8) is 0 Å². The Hall–Kier alpha value is -3.36. The predicted octanol–water partition coefficient (Wildman–Crippen LogP) is 2.99. The highest BCUT2D eigenvalue weighted by atomic mass is 16.6. The van der Waals surface area contributed by atoms with E-state index in [9.17, 15) is 19.2 Å². The Kier molecular flexibility index (Phi) is 11.5. The average molecular weight is 489 g/mol. The lowest BCUT2D eigenvalue weighted by Gasteiger charge is -2.34. The molecule has 0 fully saturated rings. The van der Waals surface area contributed by atoms with Crippen LogP contribution in [0.4, 0.5) is 4.79 Å². The number of nitrogens with one attached hydrogen (secondary N) is 2. The molecular formula is C26H40N4O5. The third-order valence-corrected chi connectivity index (χ3v) is 4.97. The molecule has 9 nitrogen and oxygen atoms in total. The van der Waals surface area contributed by atoms with E-state index in [1.165, 1.54) is 11.0 Å². The van der Waals surface area contributed by atoms with Crippen molar-refractivity contribution >= 4 is 23.8 Å². The summed E-state index contributed by atoms with van der Waals surface area (Å²) < 4.78 is 5.30. The Morgan fingerprint density at radius 2 is 1.71 bits per heavy atom. The zero-order chi connectivity index (χ0) is 26.8. The molecule has 9 heteroatoms.